The van der Waals surface area contributed by atoms with E-state index in [0.717, 1.165) is 25.7 Å². The van der Waals surface area contributed by atoms with Gasteiger partial charge in [-0.25, -0.2) is 4.39 Å². The zero-order valence-corrected chi connectivity index (χ0v) is 10.5. The predicted molar refractivity (Wildman–Crippen MR) is 65.0 cm³/mol. The Morgan fingerprint density at radius 3 is 2.50 bits per heavy atom. The molecule has 2 nitrogen and oxygen atoms in total. The van der Waals surface area contributed by atoms with Crippen LogP contribution in [-0.4, -0.2) is 12.1 Å². The molecule has 0 aromatic heterocycles. The molecule has 88 valence electrons. The van der Waals surface area contributed by atoms with Gasteiger partial charge in [0.05, 0.1) is 6.10 Å². The van der Waals surface area contributed by atoms with Crippen molar-refractivity contribution in [3.63, 3.8) is 0 Å². The fourth-order valence-corrected chi connectivity index (χ4v) is 2.44. The van der Waals surface area contributed by atoms with Crippen LogP contribution in [0.25, 0.3) is 0 Å². The number of ether oxygens (including phenoxy) is 1. The lowest BCUT2D eigenvalue weighted by molar-refractivity contribution is 0.146. The lowest BCUT2D eigenvalue weighted by atomic mass is 9.94. The van der Waals surface area contributed by atoms with Crippen LogP contribution >= 0.6 is 15.9 Å². The summed E-state index contributed by atoms with van der Waals surface area (Å²) in [4.78, 5) is 0. The molecule has 1 aromatic rings. The zero-order chi connectivity index (χ0) is 11.5. The molecule has 0 aliphatic heterocycles. The Morgan fingerprint density at radius 2 is 1.88 bits per heavy atom. The Bertz CT molecular complexity index is 344. The van der Waals surface area contributed by atoms with Gasteiger partial charge in [-0.05, 0) is 37.8 Å². The molecule has 2 N–H and O–H groups in total. The minimum atomic E-state index is -0.281. The van der Waals surface area contributed by atoms with Gasteiger partial charge in [0.25, 0.3) is 0 Å². The Morgan fingerprint density at radius 1 is 1.19 bits per heavy atom. The van der Waals surface area contributed by atoms with E-state index in [1.54, 1.807) is 6.07 Å². The highest BCUT2D eigenvalue weighted by Crippen LogP contribution is 2.26. The van der Waals surface area contributed by atoms with Crippen LogP contribution in [0.2, 0.25) is 0 Å². The SMILES string of the molecule is NC1CCC(Oc2cc(F)cc(Br)c2)CC1. The summed E-state index contributed by atoms with van der Waals surface area (Å²) in [6.45, 7) is 0. The van der Waals surface area contributed by atoms with Crippen LogP contribution in [0.5, 0.6) is 5.75 Å². The van der Waals surface area contributed by atoms with Crippen LogP contribution in [0.3, 0.4) is 0 Å². The van der Waals surface area contributed by atoms with Crippen molar-refractivity contribution in [1.29, 1.82) is 0 Å². The van der Waals surface area contributed by atoms with E-state index in [1.165, 1.54) is 12.1 Å². The second-order valence-electron chi connectivity index (χ2n) is 4.26. The van der Waals surface area contributed by atoms with E-state index in [1.807, 2.05) is 0 Å². The maximum Gasteiger partial charge on any atom is 0.128 e. The number of benzene rings is 1. The van der Waals surface area contributed by atoms with Gasteiger partial charge in [-0.3, -0.25) is 0 Å². The van der Waals surface area contributed by atoms with E-state index in [0.29, 0.717) is 16.3 Å². The molecule has 16 heavy (non-hydrogen) atoms. The molecular formula is C12H15BrFNO. The molecule has 0 amide bonds. The smallest absolute Gasteiger partial charge is 0.128 e. The quantitative estimate of drug-likeness (QED) is 0.906. The highest BCUT2D eigenvalue weighted by Gasteiger charge is 2.19. The maximum atomic E-state index is 13.1. The first-order valence-corrected chi connectivity index (χ1v) is 6.31. The van der Waals surface area contributed by atoms with Crippen molar-refractivity contribution in [2.75, 3.05) is 0 Å². The van der Waals surface area contributed by atoms with Gasteiger partial charge in [0.1, 0.15) is 11.6 Å². The summed E-state index contributed by atoms with van der Waals surface area (Å²) in [5, 5.41) is 0. The molecular weight excluding hydrogens is 273 g/mol. The number of nitrogens with two attached hydrogens (primary N) is 1. The molecule has 1 fully saturated rings. The van der Waals surface area contributed by atoms with Gasteiger partial charge in [-0.2, -0.15) is 0 Å². The zero-order valence-electron chi connectivity index (χ0n) is 8.96. The second kappa shape index (κ2) is 5.15. The Kier molecular flexibility index (Phi) is 3.82. The van der Waals surface area contributed by atoms with E-state index in [2.05, 4.69) is 15.9 Å². The molecule has 2 rings (SSSR count). The van der Waals surface area contributed by atoms with Crippen molar-refractivity contribution in [2.24, 2.45) is 5.73 Å². The van der Waals surface area contributed by atoms with Gasteiger partial charge in [-0.15, -0.1) is 0 Å². The third-order valence-corrected chi connectivity index (χ3v) is 3.32. The highest BCUT2D eigenvalue weighted by atomic mass is 79.9. The van der Waals surface area contributed by atoms with Gasteiger partial charge in [0.2, 0.25) is 0 Å². The molecule has 0 unspecified atom stereocenters. The molecule has 0 saturated heterocycles. The van der Waals surface area contributed by atoms with Crippen molar-refractivity contribution < 1.29 is 9.13 Å². The summed E-state index contributed by atoms with van der Waals surface area (Å²) in [7, 11) is 0. The molecule has 0 bridgehead atoms. The lowest BCUT2D eigenvalue weighted by Crippen LogP contribution is -2.31. The van der Waals surface area contributed by atoms with Gasteiger partial charge in [0, 0.05) is 16.6 Å². The summed E-state index contributed by atoms with van der Waals surface area (Å²) in [6.07, 6.45) is 4.06. The molecule has 0 atom stereocenters. The van der Waals surface area contributed by atoms with Crippen molar-refractivity contribution in [3.8, 4) is 5.75 Å². The number of hydrogen-bond acceptors (Lipinski definition) is 2. The standard InChI is InChI=1S/C12H15BrFNO/c13-8-5-9(14)7-12(6-8)16-11-3-1-10(15)2-4-11/h5-7,10-11H,1-4,15H2. The maximum absolute atomic E-state index is 13.1. The molecule has 1 aliphatic carbocycles. The minimum absolute atomic E-state index is 0.175. The normalized spacial score (nSPS) is 25.4. The molecule has 1 saturated carbocycles. The van der Waals surface area contributed by atoms with Crippen LogP contribution in [0.1, 0.15) is 25.7 Å². The molecule has 0 radical (unpaired) electrons. The topological polar surface area (TPSA) is 35.2 Å². The second-order valence-corrected chi connectivity index (χ2v) is 5.18. The van der Waals surface area contributed by atoms with Crippen molar-refractivity contribution >= 4 is 15.9 Å². The Balaban J connectivity index is 1.98. The fourth-order valence-electron chi connectivity index (χ4n) is 2.00. The first-order chi connectivity index (χ1) is 7.63. The molecule has 1 aromatic carbocycles. The minimum Gasteiger partial charge on any atom is -0.490 e. The Hall–Kier alpha value is -0.610. The Labute approximate surface area is 103 Å². The predicted octanol–water partition coefficient (Wildman–Crippen LogP) is 3.24. The van der Waals surface area contributed by atoms with E-state index in [-0.39, 0.29) is 11.9 Å². The van der Waals surface area contributed by atoms with E-state index < -0.39 is 0 Å². The van der Waals surface area contributed by atoms with E-state index >= 15 is 0 Å². The first-order valence-electron chi connectivity index (χ1n) is 5.52. The molecule has 0 heterocycles. The van der Waals surface area contributed by atoms with Crippen LogP contribution in [-0.2, 0) is 0 Å². The number of halogens is 2. The monoisotopic (exact) mass is 287 g/mol. The van der Waals surface area contributed by atoms with Crippen molar-refractivity contribution in [2.45, 2.75) is 37.8 Å². The number of hydrogen-bond donors (Lipinski definition) is 1. The van der Waals surface area contributed by atoms with Gasteiger partial charge in [0.15, 0.2) is 0 Å². The van der Waals surface area contributed by atoms with Gasteiger partial charge >= 0.3 is 0 Å². The van der Waals surface area contributed by atoms with Crippen LogP contribution in [0, 0.1) is 5.82 Å². The fraction of sp³-hybridized carbons (Fsp3) is 0.500. The number of rotatable bonds is 2. The average Bonchev–Trinajstić information content (AvgIpc) is 2.20. The van der Waals surface area contributed by atoms with Crippen LogP contribution in [0.15, 0.2) is 22.7 Å². The summed E-state index contributed by atoms with van der Waals surface area (Å²) in [5.74, 6) is 0.309. The summed E-state index contributed by atoms with van der Waals surface area (Å²) < 4.78 is 19.6. The first kappa shape index (κ1) is 11.9. The molecule has 4 heteroatoms. The van der Waals surface area contributed by atoms with Gasteiger partial charge in [-0.1, -0.05) is 15.9 Å². The molecule has 0 spiro atoms. The van der Waals surface area contributed by atoms with Crippen LogP contribution < -0.4 is 10.5 Å². The highest BCUT2D eigenvalue weighted by molar-refractivity contribution is 9.10. The lowest BCUT2D eigenvalue weighted by Gasteiger charge is -2.26. The third-order valence-electron chi connectivity index (χ3n) is 2.86. The van der Waals surface area contributed by atoms with Crippen LogP contribution in [0.4, 0.5) is 4.39 Å². The summed E-state index contributed by atoms with van der Waals surface area (Å²) in [5.41, 5.74) is 5.82. The molecule has 1 aliphatic rings. The summed E-state index contributed by atoms with van der Waals surface area (Å²) >= 11 is 3.25. The summed E-state index contributed by atoms with van der Waals surface area (Å²) in [6, 6.07) is 4.93. The average molecular weight is 288 g/mol. The van der Waals surface area contributed by atoms with Crippen molar-refractivity contribution in [3.05, 3.63) is 28.5 Å². The van der Waals surface area contributed by atoms with Gasteiger partial charge < -0.3 is 10.5 Å². The third kappa shape index (κ3) is 3.19. The van der Waals surface area contributed by atoms with E-state index in [9.17, 15) is 4.39 Å². The largest absolute Gasteiger partial charge is 0.490 e. The van der Waals surface area contributed by atoms with Crippen molar-refractivity contribution in [1.82, 2.24) is 0 Å². The van der Waals surface area contributed by atoms with E-state index in [4.69, 9.17) is 10.5 Å².